The van der Waals surface area contributed by atoms with Crippen molar-refractivity contribution in [3.05, 3.63) is 30.3 Å². The first-order valence-corrected chi connectivity index (χ1v) is 6.29. The van der Waals surface area contributed by atoms with Gasteiger partial charge in [0, 0.05) is 13.1 Å². The van der Waals surface area contributed by atoms with Gasteiger partial charge in [0.2, 0.25) is 0 Å². The van der Waals surface area contributed by atoms with Crippen LogP contribution >= 0.6 is 0 Å². The van der Waals surface area contributed by atoms with Crippen LogP contribution in [0.4, 0.5) is 5.69 Å². The molecule has 0 heterocycles. The van der Waals surface area contributed by atoms with Crippen molar-refractivity contribution < 1.29 is 0 Å². The Morgan fingerprint density at radius 1 is 0.941 bits per heavy atom. The van der Waals surface area contributed by atoms with E-state index in [-0.39, 0.29) is 0 Å². The lowest BCUT2D eigenvalue weighted by Crippen LogP contribution is -2.26. The quantitative estimate of drug-likeness (QED) is 0.532. The Bertz CT molecular complexity index is 321. The van der Waals surface area contributed by atoms with E-state index in [9.17, 15) is 0 Å². The zero-order chi connectivity index (χ0) is 12.7. The summed E-state index contributed by atoms with van der Waals surface area (Å²) in [5.74, 6) is 1.20. The largest absolute Gasteiger partial charge is 0.278 e. The van der Waals surface area contributed by atoms with E-state index >= 15 is 0 Å². The second-order valence-corrected chi connectivity index (χ2v) is 5.18. The SMILES string of the molecule is CC(C)CN(CC(C)C)N=Nc1ccccc1. The third-order valence-electron chi connectivity index (χ3n) is 2.19. The Morgan fingerprint density at radius 3 is 1.94 bits per heavy atom. The van der Waals surface area contributed by atoms with Crippen molar-refractivity contribution in [1.29, 1.82) is 0 Å². The summed E-state index contributed by atoms with van der Waals surface area (Å²) in [6.45, 7) is 10.7. The molecule has 0 bridgehead atoms. The summed E-state index contributed by atoms with van der Waals surface area (Å²) in [4.78, 5) is 0. The molecule has 0 fully saturated rings. The van der Waals surface area contributed by atoms with Crippen LogP contribution in [-0.2, 0) is 0 Å². The first-order chi connectivity index (χ1) is 8.08. The third-order valence-corrected chi connectivity index (χ3v) is 2.19. The molecule has 0 saturated heterocycles. The van der Waals surface area contributed by atoms with E-state index in [1.54, 1.807) is 0 Å². The fourth-order valence-corrected chi connectivity index (χ4v) is 1.60. The molecule has 0 unspecified atom stereocenters. The first kappa shape index (κ1) is 13.7. The van der Waals surface area contributed by atoms with Gasteiger partial charge in [0.05, 0.1) is 5.69 Å². The van der Waals surface area contributed by atoms with Crippen LogP contribution in [0.1, 0.15) is 27.7 Å². The summed E-state index contributed by atoms with van der Waals surface area (Å²) in [6, 6.07) is 9.87. The first-order valence-electron chi connectivity index (χ1n) is 6.29. The maximum atomic E-state index is 4.33. The summed E-state index contributed by atoms with van der Waals surface area (Å²) in [5.41, 5.74) is 0.907. The number of rotatable bonds is 6. The van der Waals surface area contributed by atoms with Crippen molar-refractivity contribution in [1.82, 2.24) is 5.01 Å². The van der Waals surface area contributed by atoms with E-state index in [2.05, 4.69) is 43.0 Å². The molecule has 0 radical (unpaired) electrons. The molecule has 0 saturated carbocycles. The molecule has 1 aromatic carbocycles. The molecule has 0 N–H and O–H groups in total. The maximum absolute atomic E-state index is 4.33. The van der Waals surface area contributed by atoms with Crippen LogP contribution in [0.3, 0.4) is 0 Å². The van der Waals surface area contributed by atoms with Crippen molar-refractivity contribution in [2.24, 2.45) is 22.2 Å². The standard InChI is InChI=1S/C14H23N3/c1-12(2)10-17(11-13(3)4)16-15-14-8-6-5-7-9-14/h5-9,12-13H,10-11H2,1-4H3. The van der Waals surface area contributed by atoms with Crippen LogP contribution < -0.4 is 0 Å². The molecule has 17 heavy (non-hydrogen) atoms. The molecule has 94 valence electrons. The average Bonchev–Trinajstić information content (AvgIpc) is 2.26. The van der Waals surface area contributed by atoms with E-state index in [1.165, 1.54) is 0 Å². The van der Waals surface area contributed by atoms with Crippen molar-refractivity contribution in [3.63, 3.8) is 0 Å². The summed E-state index contributed by atoms with van der Waals surface area (Å²) < 4.78 is 0. The van der Waals surface area contributed by atoms with Gasteiger partial charge in [-0.25, -0.2) is 0 Å². The number of hydrogen-bond acceptors (Lipinski definition) is 2. The lowest BCUT2D eigenvalue weighted by atomic mass is 10.2. The predicted octanol–water partition coefficient (Wildman–Crippen LogP) is 4.30. The molecule has 1 aromatic rings. The van der Waals surface area contributed by atoms with Gasteiger partial charge in [-0.2, -0.15) is 0 Å². The van der Waals surface area contributed by atoms with Gasteiger partial charge in [0.1, 0.15) is 0 Å². The molecule has 0 atom stereocenters. The Kier molecular flexibility index (Phi) is 5.67. The van der Waals surface area contributed by atoms with Gasteiger partial charge in [0.25, 0.3) is 0 Å². The minimum Gasteiger partial charge on any atom is -0.278 e. The Morgan fingerprint density at radius 2 is 1.47 bits per heavy atom. The fraction of sp³-hybridized carbons (Fsp3) is 0.571. The molecular formula is C14H23N3. The second-order valence-electron chi connectivity index (χ2n) is 5.18. The summed E-state index contributed by atoms with van der Waals surface area (Å²) >= 11 is 0. The zero-order valence-electron chi connectivity index (χ0n) is 11.3. The monoisotopic (exact) mass is 233 g/mol. The van der Waals surface area contributed by atoms with Gasteiger partial charge in [-0.15, -0.1) is 5.11 Å². The minimum absolute atomic E-state index is 0.600. The summed E-state index contributed by atoms with van der Waals surface area (Å²) in [5, 5.41) is 10.7. The lowest BCUT2D eigenvalue weighted by Gasteiger charge is -2.21. The van der Waals surface area contributed by atoms with E-state index in [4.69, 9.17) is 0 Å². The molecule has 0 spiro atoms. The van der Waals surface area contributed by atoms with Crippen molar-refractivity contribution in [2.45, 2.75) is 27.7 Å². The van der Waals surface area contributed by atoms with Crippen LogP contribution in [0.25, 0.3) is 0 Å². The zero-order valence-corrected chi connectivity index (χ0v) is 11.3. The molecule has 0 amide bonds. The molecule has 3 heteroatoms. The molecular weight excluding hydrogens is 210 g/mol. The van der Waals surface area contributed by atoms with Crippen molar-refractivity contribution >= 4 is 5.69 Å². The number of hydrogen-bond donors (Lipinski definition) is 0. The molecule has 1 rings (SSSR count). The van der Waals surface area contributed by atoms with Crippen LogP contribution in [0.5, 0.6) is 0 Å². The van der Waals surface area contributed by atoms with Gasteiger partial charge in [-0.3, -0.25) is 5.01 Å². The fourth-order valence-electron chi connectivity index (χ4n) is 1.60. The maximum Gasteiger partial charge on any atom is 0.0874 e. The highest BCUT2D eigenvalue weighted by atomic mass is 15.5. The number of nitrogens with zero attached hydrogens (tertiary/aromatic N) is 3. The van der Waals surface area contributed by atoms with Crippen molar-refractivity contribution in [3.8, 4) is 0 Å². The minimum atomic E-state index is 0.600. The van der Waals surface area contributed by atoms with Crippen LogP contribution in [0, 0.1) is 11.8 Å². The molecule has 0 aliphatic carbocycles. The highest BCUT2D eigenvalue weighted by Gasteiger charge is 2.06. The highest BCUT2D eigenvalue weighted by Crippen LogP contribution is 2.12. The normalized spacial score (nSPS) is 11.6. The Labute approximate surface area is 105 Å². The average molecular weight is 233 g/mol. The topological polar surface area (TPSA) is 28.0 Å². The lowest BCUT2D eigenvalue weighted by molar-refractivity contribution is 0.215. The van der Waals surface area contributed by atoms with Gasteiger partial charge < -0.3 is 0 Å². The van der Waals surface area contributed by atoms with Crippen LogP contribution in [0.15, 0.2) is 40.7 Å². The van der Waals surface area contributed by atoms with E-state index in [0.717, 1.165) is 18.8 Å². The van der Waals surface area contributed by atoms with Gasteiger partial charge in [0.15, 0.2) is 0 Å². The van der Waals surface area contributed by atoms with Gasteiger partial charge in [-0.1, -0.05) is 51.1 Å². The van der Waals surface area contributed by atoms with E-state index in [0.29, 0.717) is 11.8 Å². The molecule has 0 aromatic heterocycles. The van der Waals surface area contributed by atoms with E-state index in [1.807, 2.05) is 30.3 Å². The predicted molar refractivity (Wildman–Crippen MR) is 72.2 cm³/mol. The van der Waals surface area contributed by atoms with E-state index < -0.39 is 0 Å². The molecule has 0 aliphatic heterocycles. The summed E-state index contributed by atoms with van der Waals surface area (Å²) in [7, 11) is 0. The third kappa shape index (κ3) is 6.05. The highest BCUT2D eigenvalue weighted by molar-refractivity contribution is 5.34. The Balaban J connectivity index is 2.61. The number of benzene rings is 1. The molecule has 0 aliphatic rings. The smallest absolute Gasteiger partial charge is 0.0874 e. The Hall–Kier alpha value is -1.38. The van der Waals surface area contributed by atoms with Crippen LogP contribution in [0.2, 0.25) is 0 Å². The molecule has 3 nitrogen and oxygen atoms in total. The van der Waals surface area contributed by atoms with Crippen LogP contribution in [-0.4, -0.2) is 18.1 Å². The van der Waals surface area contributed by atoms with Crippen molar-refractivity contribution in [2.75, 3.05) is 13.1 Å². The van der Waals surface area contributed by atoms with Gasteiger partial charge in [-0.05, 0) is 24.0 Å². The summed E-state index contributed by atoms with van der Waals surface area (Å²) in [6.07, 6.45) is 0. The second kappa shape index (κ2) is 7.05. The van der Waals surface area contributed by atoms with Gasteiger partial charge >= 0.3 is 0 Å².